The lowest BCUT2D eigenvalue weighted by Crippen LogP contribution is -2.48. The van der Waals surface area contributed by atoms with Crippen LogP contribution in [-0.2, 0) is 16.0 Å². The maximum Gasteiger partial charge on any atom is 0.220 e. The number of nitrogens with one attached hydrogen (secondary N) is 2. The largest absolute Gasteiger partial charge is 0.394 e. The monoisotopic (exact) mass is 400 g/mol. The van der Waals surface area contributed by atoms with Gasteiger partial charge in [0, 0.05) is 19.4 Å². The molecule has 0 spiro atoms. The van der Waals surface area contributed by atoms with Crippen molar-refractivity contribution in [1.82, 2.24) is 10.6 Å². The average Bonchev–Trinajstić information content (AvgIpc) is 2.57. The number of hydrogen-bond acceptors (Lipinski definition) is 4. The summed E-state index contributed by atoms with van der Waals surface area (Å²) in [5, 5.41) is 25.3. The van der Waals surface area contributed by atoms with Gasteiger partial charge in [-0.1, -0.05) is 13.8 Å². The highest BCUT2D eigenvalue weighted by Gasteiger charge is 2.25. The van der Waals surface area contributed by atoms with Crippen molar-refractivity contribution in [2.24, 2.45) is 5.92 Å². The predicted octanol–water partition coefficient (Wildman–Crippen LogP) is 1.68. The normalized spacial score (nSPS) is 14.4. The highest BCUT2D eigenvalue weighted by atomic mass is 19.1. The van der Waals surface area contributed by atoms with Gasteiger partial charge in [0.05, 0.1) is 24.8 Å². The second kappa shape index (κ2) is 11.7. The maximum atomic E-state index is 13.4. The number of aliphatic hydroxyl groups is 2. The molecule has 0 radical (unpaired) electrons. The highest BCUT2D eigenvalue weighted by molar-refractivity contribution is 5.76. The third-order valence-corrected chi connectivity index (χ3v) is 4.29. The molecule has 0 heterocycles. The summed E-state index contributed by atoms with van der Waals surface area (Å²) >= 11 is 0. The van der Waals surface area contributed by atoms with Crippen LogP contribution in [0, 0.1) is 17.6 Å². The molecular formula is C20H30F2N2O4. The molecule has 1 aromatic carbocycles. The Morgan fingerprint density at radius 2 is 1.71 bits per heavy atom. The Hall–Kier alpha value is -2.06. The lowest BCUT2D eigenvalue weighted by atomic mass is 9.96. The zero-order valence-corrected chi connectivity index (χ0v) is 16.5. The first-order chi connectivity index (χ1) is 13.1. The van der Waals surface area contributed by atoms with Gasteiger partial charge in [0.15, 0.2) is 0 Å². The zero-order chi connectivity index (χ0) is 21.3. The van der Waals surface area contributed by atoms with Gasteiger partial charge in [-0.15, -0.1) is 0 Å². The van der Waals surface area contributed by atoms with E-state index in [9.17, 15) is 28.6 Å². The van der Waals surface area contributed by atoms with Crippen molar-refractivity contribution in [3.05, 3.63) is 35.4 Å². The van der Waals surface area contributed by atoms with Crippen molar-refractivity contribution >= 4 is 11.8 Å². The summed E-state index contributed by atoms with van der Waals surface area (Å²) in [6.45, 7) is 4.87. The lowest BCUT2D eigenvalue weighted by molar-refractivity contribution is -0.123. The fraction of sp³-hybridized carbons (Fsp3) is 0.600. The van der Waals surface area contributed by atoms with Gasteiger partial charge in [-0.2, -0.15) is 0 Å². The van der Waals surface area contributed by atoms with Crippen LogP contribution in [0.1, 0.15) is 45.6 Å². The minimum Gasteiger partial charge on any atom is -0.394 e. The van der Waals surface area contributed by atoms with Crippen molar-refractivity contribution in [3.63, 3.8) is 0 Å². The number of hydrogen-bond donors (Lipinski definition) is 4. The molecule has 0 aliphatic heterocycles. The van der Waals surface area contributed by atoms with Gasteiger partial charge in [0.2, 0.25) is 11.8 Å². The minimum absolute atomic E-state index is 0.00509. The third kappa shape index (κ3) is 9.23. The summed E-state index contributed by atoms with van der Waals surface area (Å²) < 4.78 is 26.8. The van der Waals surface area contributed by atoms with Crippen LogP contribution in [0.3, 0.4) is 0 Å². The first-order valence-corrected chi connectivity index (χ1v) is 9.41. The van der Waals surface area contributed by atoms with E-state index < -0.39 is 35.7 Å². The molecule has 0 aromatic heterocycles. The standard InChI is InChI=1S/C20H30F2N2O4/c1-12(2)4-5-20(28)24-17(11-25)10-19(27)18(23-13(3)26)8-14-6-15(21)9-16(22)7-14/h6-7,9,12,17-19,25,27H,4-5,8,10-11H2,1-3H3,(H,23,26)(H,24,28)/t17?,18-,19-/m0/s1. The number of halogens is 2. The van der Waals surface area contributed by atoms with Crippen LogP contribution in [0.2, 0.25) is 0 Å². The second-order valence-electron chi connectivity index (χ2n) is 7.47. The first kappa shape index (κ1) is 24.0. The Kier molecular flexibility index (Phi) is 10.0. The van der Waals surface area contributed by atoms with E-state index in [0.717, 1.165) is 18.2 Å². The van der Waals surface area contributed by atoms with E-state index in [4.69, 9.17) is 0 Å². The molecule has 28 heavy (non-hydrogen) atoms. The summed E-state index contributed by atoms with van der Waals surface area (Å²) in [7, 11) is 0. The molecule has 0 fully saturated rings. The average molecular weight is 400 g/mol. The van der Waals surface area contributed by atoms with E-state index in [1.807, 2.05) is 13.8 Å². The van der Waals surface area contributed by atoms with Gasteiger partial charge in [0.25, 0.3) is 0 Å². The van der Waals surface area contributed by atoms with Crippen LogP contribution in [0.4, 0.5) is 8.78 Å². The zero-order valence-electron chi connectivity index (χ0n) is 16.5. The van der Waals surface area contributed by atoms with Gasteiger partial charge >= 0.3 is 0 Å². The molecule has 0 bridgehead atoms. The van der Waals surface area contributed by atoms with E-state index in [2.05, 4.69) is 10.6 Å². The Morgan fingerprint density at radius 3 is 2.21 bits per heavy atom. The third-order valence-electron chi connectivity index (χ3n) is 4.29. The summed E-state index contributed by atoms with van der Waals surface area (Å²) in [5.74, 6) is -1.79. The van der Waals surface area contributed by atoms with E-state index >= 15 is 0 Å². The SMILES string of the molecule is CC(=O)N[C@@H](Cc1cc(F)cc(F)c1)[C@@H](O)CC(CO)NC(=O)CCC(C)C. The van der Waals surface area contributed by atoms with Crippen LogP contribution >= 0.6 is 0 Å². The Balaban J connectivity index is 2.77. The summed E-state index contributed by atoms with van der Waals surface area (Å²) in [4.78, 5) is 23.4. The molecule has 3 atom stereocenters. The van der Waals surface area contributed by atoms with Gasteiger partial charge in [0.1, 0.15) is 11.6 Å². The van der Waals surface area contributed by atoms with Gasteiger partial charge in [-0.25, -0.2) is 8.78 Å². The quantitative estimate of drug-likeness (QED) is 0.454. The molecule has 0 aliphatic rings. The smallest absolute Gasteiger partial charge is 0.220 e. The van der Waals surface area contributed by atoms with E-state index in [0.29, 0.717) is 18.8 Å². The molecule has 0 saturated carbocycles. The van der Waals surface area contributed by atoms with Gasteiger partial charge in [-0.3, -0.25) is 9.59 Å². The number of amides is 2. The van der Waals surface area contributed by atoms with Crippen molar-refractivity contribution < 1.29 is 28.6 Å². The molecule has 8 heteroatoms. The number of carbonyl (C=O) groups is 2. The first-order valence-electron chi connectivity index (χ1n) is 9.41. The molecule has 4 N–H and O–H groups in total. The number of benzene rings is 1. The molecule has 1 unspecified atom stereocenters. The molecular weight excluding hydrogens is 370 g/mol. The lowest BCUT2D eigenvalue weighted by Gasteiger charge is -2.27. The summed E-state index contributed by atoms with van der Waals surface area (Å²) in [5.41, 5.74) is 0.275. The van der Waals surface area contributed by atoms with E-state index in [-0.39, 0.29) is 30.9 Å². The second-order valence-corrected chi connectivity index (χ2v) is 7.47. The Morgan fingerprint density at radius 1 is 1.11 bits per heavy atom. The highest BCUT2D eigenvalue weighted by Crippen LogP contribution is 2.14. The van der Waals surface area contributed by atoms with Crippen molar-refractivity contribution in [3.8, 4) is 0 Å². The Bertz CT molecular complexity index is 635. The van der Waals surface area contributed by atoms with Crippen molar-refractivity contribution in [2.45, 2.75) is 64.6 Å². The van der Waals surface area contributed by atoms with E-state index in [1.54, 1.807) is 0 Å². The molecule has 1 aromatic rings. The van der Waals surface area contributed by atoms with Crippen molar-refractivity contribution in [2.75, 3.05) is 6.61 Å². The Labute approximate surface area is 164 Å². The number of aliphatic hydroxyl groups excluding tert-OH is 2. The molecule has 0 aliphatic carbocycles. The fourth-order valence-electron chi connectivity index (χ4n) is 2.88. The van der Waals surface area contributed by atoms with Crippen LogP contribution < -0.4 is 10.6 Å². The minimum atomic E-state index is -1.14. The van der Waals surface area contributed by atoms with E-state index in [1.165, 1.54) is 6.92 Å². The molecule has 1 rings (SSSR count). The number of carbonyl (C=O) groups excluding carboxylic acids is 2. The summed E-state index contributed by atoms with van der Waals surface area (Å²) in [6.07, 6.45) is -0.159. The van der Waals surface area contributed by atoms with Gasteiger partial charge < -0.3 is 20.8 Å². The maximum absolute atomic E-state index is 13.4. The van der Waals surface area contributed by atoms with Crippen LogP contribution in [0.15, 0.2) is 18.2 Å². The van der Waals surface area contributed by atoms with Crippen molar-refractivity contribution in [1.29, 1.82) is 0 Å². The molecule has 2 amide bonds. The van der Waals surface area contributed by atoms with Crippen LogP contribution in [0.5, 0.6) is 0 Å². The van der Waals surface area contributed by atoms with Gasteiger partial charge in [-0.05, 0) is 42.9 Å². The van der Waals surface area contributed by atoms with Crippen LogP contribution in [0.25, 0.3) is 0 Å². The molecule has 6 nitrogen and oxygen atoms in total. The predicted molar refractivity (Wildman–Crippen MR) is 101 cm³/mol. The number of rotatable bonds is 11. The molecule has 0 saturated heterocycles. The molecule has 158 valence electrons. The van der Waals surface area contributed by atoms with Crippen LogP contribution in [-0.4, -0.2) is 46.8 Å². The topological polar surface area (TPSA) is 98.7 Å². The fourth-order valence-corrected chi connectivity index (χ4v) is 2.88. The summed E-state index contributed by atoms with van der Waals surface area (Å²) in [6, 6.07) is 1.46.